The van der Waals surface area contributed by atoms with E-state index in [9.17, 15) is 4.79 Å². The van der Waals surface area contributed by atoms with E-state index in [-0.39, 0.29) is 5.56 Å². The molecule has 0 radical (unpaired) electrons. The van der Waals surface area contributed by atoms with Crippen molar-refractivity contribution < 1.29 is 14.2 Å². The highest BCUT2D eigenvalue weighted by Crippen LogP contribution is 2.35. The lowest BCUT2D eigenvalue weighted by molar-refractivity contribution is 0.256. The van der Waals surface area contributed by atoms with Gasteiger partial charge in [-0.25, -0.2) is 0 Å². The number of hydrogen-bond donors (Lipinski definition) is 0. The predicted octanol–water partition coefficient (Wildman–Crippen LogP) is 8.68. The molecule has 0 aliphatic carbocycles. The predicted molar refractivity (Wildman–Crippen MR) is 152 cm³/mol. The molecule has 0 unspecified atom stereocenters. The molecule has 0 amide bonds. The maximum Gasteiger partial charge on any atom is 0.297 e. The van der Waals surface area contributed by atoms with Crippen LogP contribution in [0.15, 0.2) is 23.0 Å². The van der Waals surface area contributed by atoms with Gasteiger partial charge in [0.1, 0.15) is 5.75 Å². The van der Waals surface area contributed by atoms with E-state index in [1.54, 1.807) is 0 Å². The van der Waals surface area contributed by atoms with E-state index in [0.29, 0.717) is 37.9 Å². The van der Waals surface area contributed by atoms with Crippen LogP contribution in [-0.2, 0) is 6.54 Å². The van der Waals surface area contributed by atoms with Crippen LogP contribution in [-0.4, -0.2) is 24.4 Å². The summed E-state index contributed by atoms with van der Waals surface area (Å²) in [5.74, 6) is 1.79. The largest absolute Gasteiger partial charge is 0.494 e. The van der Waals surface area contributed by atoms with Gasteiger partial charge in [-0.05, 0) is 37.8 Å². The standard InChI is InChI=1S/C31H51NO4/c1-5-9-13-16-22-34-26-19-20-27-28(25-26)32(21-12-8-4)31(33)30(36-24-18-15-11-7-3)29(27)35-23-17-14-10-6-2/h19-20,25H,5-18,21-24H2,1-4H3. The number of fused-ring (bicyclic) bond motifs is 1. The molecule has 0 spiro atoms. The normalized spacial score (nSPS) is 11.2. The summed E-state index contributed by atoms with van der Waals surface area (Å²) in [6, 6.07) is 6.07. The first kappa shape index (κ1) is 30.1. The summed E-state index contributed by atoms with van der Waals surface area (Å²) in [7, 11) is 0. The number of aryl methyl sites for hydroxylation is 1. The maximum absolute atomic E-state index is 13.7. The molecule has 2 rings (SSSR count). The molecule has 5 heteroatoms. The zero-order valence-corrected chi connectivity index (χ0v) is 23.5. The smallest absolute Gasteiger partial charge is 0.297 e. The summed E-state index contributed by atoms with van der Waals surface area (Å²) in [5.41, 5.74) is 0.788. The van der Waals surface area contributed by atoms with Gasteiger partial charge in [0.05, 0.1) is 25.3 Å². The lowest BCUT2D eigenvalue weighted by Gasteiger charge is -2.19. The highest BCUT2D eigenvalue weighted by Gasteiger charge is 2.20. The third kappa shape index (κ3) is 9.71. The quantitative estimate of drug-likeness (QED) is 0.161. The zero-order valence-electron chi connectivity index (χ0n) is 23.5. The second-order valence-electron chi connectivity index (χ2n) is 9.87. The molecule has 0 atom stereocenters. The summed E-state index contributed by atoms with van der Waals surface area (Å²) in [4.78, 5) is 13.7. The Morgan fingerprint density at radius 2 is 1.14 bits per heavy atom. The Bertz CT molecular complexity index is 921. The molecule has 0 bridgehead atoms. The fraction of sp³-hybridized carbons (Fsp3) is 0.710. The molecular weight excluding hydrogens is 450 g/mol. The van der Waals surface area contributed by atoms with E-state index in [1.165, 1.54) is 44.9 Å². The van der Waals surface area contributed by atoms with Crippen molar-refractivity contribution in [3.8, 4) is 17.2 Å². The monoisotopic (exact) mass is 501 g/mol. The highest BCUT2D eigenvalue weighted by molar-refractivity contribution is 5.89. The first-order valence-electron chi connectivity index (χ1n) is 14.8. The third-order valence-corrected chi connectivity index (χ3v) is 6.64. The van der Waals surface area contributed by atoms with Gasteiger partial charge < -0.3 is 18.8 Å². The lowest BCUT2D eigenvalue weighted by atomic mass is 10.1. The third-order valence-electron chi connectivity index (χ3n) is 6.64. The topological polar surface area (TPSA) is 49.7 Å². The van der Waals surface area contributed by atoms with Gasteiger partial charge in [-0.1, -0.05) is 91.9 Å². The molecule has 204 valence electrons. The molecule has 0 fully saturated rings. The SMILES string of the molecule is CCCCCCOc1ccc2c(OCCCCCC)c(OCCCCCC)c(=O)n(CCCC)c2c1. The van der Waals surface area contributed by atoms with Gasteiger partial charge in [0.15, 0.2) is 5.75 Å². The van der Waals surface area contributed by atoms with Crippen molar-refractivity contribution in [3.05, 3.63) is 28.6 Å². The van der Waals surface area contributed by atoms with Crippen molar-refractivity contribution in [2.75, 3.05) is 19.8 Å². The number of nitrogens with zero attached hydrogens (tertiary/aromatic N) is 1. The summed E-state index contributed by atoms with van der Waals surface area (Å²) in [6.07, 6.45) is 15.5. The van der Waals surface area contributed by atoms with E-state index in [2.05, 4.69) is 27.7 Å². The molecule has 0 N–H and O–H groups in total. The number of aromatic nitrogens is 1. The molecule has 1 aromatic heterocycles. The van der Waals surface area contributed by atoms with E-state index in [1.807, 2.05) is 22.8 Å². The number of hydrogen-bond acceptors (Lipinski definition) is 4. The van der Waals surface area contributed by atoms with Gasteiger partial charge in [0.2, 0.25) is 5.75 Å². The molecule has 2 aromatic rings. The number of unbranched alkanes of at least 4 members (excludes halogenated alkanes) is 10. The first-order chi connectivity index (χ1) is 17.7. The van der Waals surface area contributed by atoms with Crippen LogP contribution in [0.2, 0.25) is 0 Å². The second kappa shape index (κ2) is 18.1. The van der Waals surface area contributed by atoms with E-state index in [0.717, 1.165) is 61.6 Å². The summed E-state index contributed by atoms with van der Waals surface area (Å²) >= 11 is 0. The Kier molecular flexibility index (Phi) is 15.1. The lowest BCUT2D eigenvalue weighted by Crippen LogP contribution is -2.24. The molecule has 0 aliphatic rings. The van der Waals surface area contributed by atoms with Gasteiger partial charge in [-0.2, -0.15) is 0 Å². The fourth-order valence-electron chi connectivity index (χ4n) is 4.40. The minimum absolute atomic E-state index is 0.0879. The summed E-state index contributed by atoms with van der Waals surface area (Å²) in [5, 5.41) is 0.933. The van der Waals surface area contributed by atoms with Crippen molar-refractivity contribution in [2.45, 2.75) is 124 Å². The number of ether oxygens (including phenoxy) is 3. The van der Waals surface area contributed by atoms with Crippen LogP contribution < -0.4 is 19.8 Å². The van der Waals surface area contributed by atoms with Crippen molar-refractivity contribution in [1.82, 2.24) is 4.57 Å². The second-order valence-corrected chi connectivity index (χ2v) is 9.87. The summed E-state index contributed by atoms with van der Waals surface area (Å²) < 4.78 is 20.4. The molecular formula is C31H51NO4. The number of pyridine rings is 1. The first-order valence-corrected chi connectivity index (χ1v) is 14.8. The molecule has 36 heavy (non-hydrogen) atoms. The molecule has 0 saturated carbocycles. The molecule has 0 saturated heterocycles. The van der Waals surface area contributed by atoms with Crippen molar-refractivity contribution >= 4 is 10.9 Å². The van der Waals surface area contributed by atoms with Crippen molar-refractivity contribution in [1.29, 1.82) is 0 Å². The Hall–Kier alpha value is -2.17. The van der Waals surface area contributed by atoms with Gasteiger partial charge in [-0.15, -0.1) is 0 Å². The fourth-order valence-corrected chi connectivity index (χ4v) is 4.40. The minimum atomic E-state index is -0.0879. The van der Waals surface area contributed by atoms with Gasteiger partial charge in [0, 0.05) is 18.0 Å². The average molecular weight is 502 g/mol. The molecule has 5 nitrogen and oxygen atoms in total. The Balaban J connectivity index is 2.39. The zero-order chi connectivity index (χ0) is 26.0. The van der Waals surface area contributed by atoms with Crippen LogP contribution in [0.1, 0.15) is 118 Å². The van der Waals surface area contributed by atoms with Crippen molar-refractivity contribution in [2.24, 2.45) is 0 Å². The maximum atomic E-state index is 13.7. The van der Waals surface area contributed by atoms with E-state index in [4.69, 9.17) is 14.2 Å². The number of benzene rings is 1. The van der Waals surface area contributed by atoms with Crippen LogP contribution in [0.3, 0.4) is 0 Å². The molecule has 1 heterocycles. The van der Waals surface area contributed by atoms with Crippen LogP contribution in [0.25, 0.3) is 10.9 Å². The van der Waals surface area contributed by atoms with Crippen LogP contribution in [0.5, 0.6) is 17.2 Å². The molecule has 1 aromatic carbocycles. The van der Waals surface area contributed by atoms with Crippen molar-refractivity contribution in [3.63, 3.8) is 0 Å². The van der Waals surface area contributed by atoms with Crippen LogP contribution >= 0.6 is 0 Å². The Morgan fingerprint density at radius 3 is 1.69 bits per heavy atom. The van der Waals surface area contributed by atoms with Crippen LogP contribution in [0.4, 0.5) is 0 Å². The molecule has 0 aliphatic heterocycles. The highest BCUT2D eigenvalue weighted by atomic mass is 16.5. The number of rotatable bonds is 21. The Labute approximate surface area is 219 Å². The average Bonchev–Trinajstić information content (AvgIpc) is 2.89. The van der Waals surface area contributed by atoms with E-state index >= 15 is 0 Å². The van der Waals surface area contributed by atoms with Gasteiger partial charge in [0.25, 0.3) is 5.56 Å². The van der Waals surface area contributed by atoms with Gasteiger partial charge >= 0.3 is 0 Å². The van der Waals surface area contributed by atoms with E-state index < -0.39 is 0 Å². The Morgan fingerprint density at radius 1 is 0.611 bits per heavy atom. The van der Waals surface area contributed by atoms with Gasteiger partial charge in [-0.3, -0.25) is 4.79 Å². The summed E-state index contributed by atoms with van der Waals surface area (Å²) in [6.45, 7) is 11.3. The minimum Gasteiger partial charge on any atom is -0.494 e. The van der Waals surface area contributed by atoms with Crippen LogP contribution in [0, 0.1) is 0 Å².